The van der Waals surface area contributed by atoms with Crippen LogP contribution in [0.4, 0.5) is 5.69 Å². The van der Waals surface area contributed by atoms with E-state index in [1.54, 1.807) is 18.2 Å². The lowest BCUT2D eigenvalue weighted by atomic mass is 10.1. The fourth-order valence-electron chi connectivity index (χ4n) is 1.07. The molecule has 3 heteroatoms. The number of nitrogens with zero attached hydrogens (tertiary/aromatic N) is 1. The molecule has 1 aromatic carbocycles. The maximum atomic E-state index is 5.96. The molecule has 0 aliphatic rings. The first-order valence-electron chi connectivity index (χ1n) is 3.87. The fraction of sp³-hybridized carbons (Fsp3) is 0.100. The monoisotopic (exact) mass is 194 g/mol. The second kappa shape index (κ2) is 4.10. The number of benzene rings is 1. The van der Waals surface area contributed by atoms with E-state index in [1.807, 2.05) is 13.0 Å². The normalized spacial score (nSPS) is 11.4. The van der Waals surface area contributed by atoms with Crippen molar-refractivity contribution in [1.29, 1.82) is 0 Å². The molecule has 13 heavy (non-hydrogen) atoms. The molecule has 0 aromatic heterocycles. The molecule has 0 unspecified atom stereocenters. The maximum absolute atomic E-state index is 5.96. The van der Waals surface area contributed by atoms with Crippen LogP contribution in [0.3, 0.4) is 0 Å². The Balaban J connectivity index is 3.27. The quantitative estimate of drug-likeness (QED) is 0.571. The van der Waals surface area contributed by atoms with E-state index in [0.717, 1.165) is 11.3 Å². The average Bonchev–Trinajstić information content (AvgIpc) is 2.13. The van der Waals surface area contributed by atoms with Crippen LogP contribution < -0.4 is 5.73 Å². The lowest BCUT2D eigenvalue weighted by molar-refractivity contribution is 1.50. The Hall–Kier alpha value is -1.28. The zero-order chi connectivity index (χ0) is 9.84. The highest BCUT2D eigenvalue weighted by atomic mass is 35.5. The molecule has 0 spiro atoms. The van der Waals surface area contributed by atoms with Crippen LogP contribution in [0.2, 0.25) is 5.02 Å². The number of nitrogens with two attached hydrogens (primary N) is 1. The summed E-state index contributed by atoms with van der Waals surface area (Å²) in [6, 6.07) is 5.29. The first-order chi connectivity index (χ1) is 6.19. The molecule has 0 saturated heterocycles. The van der Waals surface area contributed by atoms with Gasteiger partial charge in [-0.15, -0.1) is 0 Å². The minimum Gasteiger partial charge on any atom is -0.399 e. The highest BCUT2D eigenvalue weighted by Gasteiger charge is 2.03. The van der Waals surface area contributed by atoms with E-state index in [0.29, 0.717) is 10.7 Å². The van der Waals surface area contributed by atoms with Gasteiger partial charge in [-0.25, -0.2) is 0 Å². The SMILES string of the molecule is C=NC(=CC)c1cc(N)ccc1Cl. The van der Waals surface area contributed by atoms with E-state index < -0.39 is 0 Å². The largest absolute Gasteiger partial charge is 0.399 e. The number of allylic oxidation sites excluding steroid dienone is 1. The van der Waals surface area contributed by atoms with Crippen molar-refractivity contribution in [1.82, 2.24) is 0 Å². The second-order valence-corrected chi connectivity index (χ2v) is 2.98. The number of hydrogen-bond acceptors (Lipinski definition) is 2. The summed E-state index contributed by atoms with van der Waals surface area (Å²) in [6.07, 6.45) is 1.84. The molecule has 0 bridgehead atoms. The number of halogens is 1. The Morgan fingerprint density at radius 3 is 2.85 bits per heavy atom. The van der Waals surface area contributed by atoms with Gasteiger partial charge in [0.15, 0.2) is 0 Å². The minimum absolute atomic E-state index is 0.634. The van der Waals surface area contributed by atoms with Crippen molar-refractivity contribution >= 4 is 29.7 Å². The van der Waals surface area contributed by atoms with Crippen LogP contribution in [0.1, 0.15) is 12.5 Å². The number of aliphatic imine (C=N–C) groups is 1. The Bertz CT molecular complexity index is 356. The molecular formula is C10H11ClN2. The third-order valence-electron chi connectivity index (χ3n) is 1.71. The smallest absolute Gasteiger partial charge is 0.0667 e. The third-order valence-corrected chi connectivity index (χ3v) is 2.04. The summed E-state index contributed by atoms with van der Waals surface area (Å²) in [6.45, 7) is 5.34. The highest BCUT2D eigenvalue weighted by Crippen LogP contribution is 2.26. The molecule has 0 aliphatic carbocycles. The molecule has 68 valence electrons. The summed E-state index contributed by atoms with van der Waals surface area (Å²) in [5.74, 6) is 0. The molecular weight excluding hydrogens is 184 g/mol. The molecule has 0 heterocycles. The van der Waals surface area contributed by atoms with E-state index in [9.17, 15) is 0 Å². The lowest BCUT2D eigenvalue weighted by Crippen LogP contribution is -1.88. The third kappa shape index (κ3) is 2.10. The van der Waals surface area contributed by atoms with Crippen LogP contribution in [-0.4, -0.2) is 6.72 Å². The number of rotatable bonds is 2. The predicted molar refractivity (Wildman–Crippen MR) is 59.1 cm³/mol. The summed E-state index contributed by atoms with van der Waals surface area (Å²) in [5.41, 5.74) is 7.86. The summed E-state index contributed by atoms with van der Waals surface area (Å²) in [5, 5.41) is 0.634. The van der Waals surface area contributed by atoms with Gasteiger partial charge in [-0.1, -0.05) is 17.7 Å². The van der Waals surface area contributed by atoms with Crippen molar-refractivity contribution in [2.45, 2.75) is 6.92 Å². The molecule has 0 atom stereocenters. The van der Waals surface area contributed by atoms with Crippen LogP contribution in [0.5, 0.6) is 0 Å². The first-order valence-corrected chi connectivity index (χ1v) is 4.25. The van der Waals surface area contributed by atoms with Crippen LogP contribution in [-0.2, 0) is 0 Å². The van der Waals surface area contributed by atoms with Gasteiger partial charge in [0.1, 0.15) is 0 Å². The lowest BCUT2D eigenvalue weighted by Gasteiger charge is -2.04. The molecule has 1 rings (SSSR count). The van der Waals surface area contributed by atoms with Crippen molar-refractivity contribution in [2.75, 3.05) is 5.73 Å². The average molecular weight is 195 g/mol. The molecule has 0 amide bonds. The van der Waals surface area contributed by atoms with Crippen LogP contribution in [0, 0.1) is 0 Å². The Morgan fingerprint density at radius 2 is 2.31 bits per heavy atom. The highest BCUT2D eigenvalue weighted by molar-refractivity contribution is 6.32. The Kier molecular flexibility index (Phi) is 3.09. The minimum atomic E-state index is 0.634. The van der Waals surface area contributed by atoms with Crippen molar-refractivity contribution < 1.29 is 0 Å². The number of hydrogen-bond donors (Lipinski definition) is 1. The number of anilines is 1. The summed E-state index contributed by atoms with van der Waals surface area (Å²) < 4.78 is 0. The van der Waals surface area contributed by atoms with E-state index >= 15 is 0 Å². The van der Waals surface area contributed by atoms with Gasteiger partial charge in [-0.3, -0.25) is 4.99 Å². The van der Waals surface area contributed by atoms with Gasteiger partial charge in [-0.05, 0) is 31.8 Å². The molecule has 1 aromatic rings. The zero-order valence-corrected chi connectivity index (χ0v) is 8.17. The fourth-order valence-corrected chi connectivity index (χ4v) is 1.29. The molecule has 2 N–H and O–H groups in total. The van der Waals surface area contributed by atoms with Crippen molar-refractivity contribution in [3.05, 3.63) is 34.9 Å². The summed E-state index contributed by atoms with van der Waals surface area (Å²) in [7, 11) is 0. The Morgan fingerprint density at radius 1 is 1.62 bits per heavy atom. The van der Waals surface area contributed by atoms with E-state index in [1.165, 1.54) is 0 Å². The van der Waals surface area contributed by atoms with E-state index in [2.05, 4.69) is 11.7 Å². The van der Waals surface area contributed by atoms with Gasteiger partial charge >= 0.3 is 0 Å². The van der Waals surface area contributed by atoms with Gasteiger partial charge in [0.25, 0.3) is 0 Å². The molecule has 0 aliphatic heterocycles. The zero-order valence-electron chi connectivity index (χ0n) is 7.42. The van der Waals surface area contributed by atoms with E-state index in [4.69, 9.17) is 17.3 Å². The molecule has 0 radical (unpaired) electrons. The second-order valence-electron chi connectivity index (χ2n) is 2.57. The van der Waals surface area contributed by atoms with Crippen LogP contribution in [0.25, 0.3) is 5.70 Å². The van der Waals surface area contributed by atoms with Crippen molar-refractivity contribution in [2.24, 2.45) is 4.99 Å². The van der Waals surface area contributed by atoms with Crippen LogP contribution in [0.15, 0.2) is 29.3 Å². The topological polar surface area (TPSA) is 38.4 Å². The van der Waals surface area contributed by atoms with Gasteiger partial charge in [0, 0.05) is 11.3 Å². The maximum Gasteiger partial charge on any atom is 0.0667 e. The standard InChI is InChI=1S/C10H11ClN2/c1-3-10(13-2)8-6-7(12)4-5-9(8)11/h3-6H,2,12H2,1H3. The molecule has 0 fully saturated rings. The first kappa shape index (κ1) is 9.81. The van der Waals surface area contributed by atoms with Gasteiger partial charge in [0.05, 0.1) is 10.7 Å². The van der Waals surface area contributed by atoms with Crippen LogP contribution >= 0.6 is 11.6 Å². The van der Waals surface area contributed by atoms with Gasteiger partial charge < -0.3 is 5.73 Å². The Labute approximate surface area is 82.7 Å². The number of nitrogen functional groups attached to an aromatic ring is 1. The van der Waals surface area contributed by atoms with Gasteiger partial charge in [-0.2, -0.15) is 0 Å². The van der Waals surface area contributed by atoms with Gasteiger partial charge in [0.2, 0.25) is 0 Å². The van der Waals surface area contributed by atoms with E-state index in [-0.39, 0.29) is 0 Å². The van der Waals surface area contributed by atoms with Crippen molar-refractivity contribution in [3.8, 4) is 0 Å². The van der Waals surface area contributed by atoms with Crippen molar-refractivity contribution in [3.63, 3.8) is 0 Å². The molecule has 2 nitrogen and oxygen atoms in total. The molecule has 0 saturated carbocycles. The summed E-state index contributed by atoms with van der Waals surface area (Å²) >= 11 is 5.96. The summed E-state index contributed by atoms with van der Waals surface area (Å²) in [4.78, 5) is 3.85. The predicted octanol–water partition coefficient (Wildman–Crippen LogP) is 2.98.